The first-order chi connectivity index (χ1) is 4.67. The predicted octanol–water partition coefficient (Wildman–Crippen LogP) is 3.17. The van der Waals surface area contributed by atoms with Crippen LogP contribution in [0.3, 0.4) is 0 Å². The fourth-order valence-electron chi connectivity index (χ4n) is 3.11. The molecule has 2 bridgehead atoms. The molecule has 0 radical (unpaired) electrons. The lowest BCUT2D eigenvalue weighted by molar-refractivity contribution is 0.527. The molecule has 0 amide bonds. The van der Waals surface area contributed by atoms with Crippen molar-refractivity contribution in [1.29, 1.82) is 0 Å². The molecule has 0 aromatic heterocycles. The van der Waals surface area contributed by atoms with E-state index in [0.29, 0.717) is 0 Å². The van der Waals surface area contributed by atoms with Gasteiger partial charge in [-0.3, -0.25) is 0 Å². The van der Waals surface area contributed by atoms with Gasteiger partial charge in [0.1, 0.15) is 0 Å². The van der Waals surface area contributed by atoms with Crippen molar-refractivity contribution in [3.63, 3.8) is 0 Å². The molecule has 2 heteroatoms. The number of rotatable bonds is 0. The van der Waals surface area contributed by atoms with Gasteiger partial charge in [0.05, 0.1) is 0 Å². The van der Waals surface area contributed by atoms with Crippen LogP contribution in [0.1, 0.15) is 25.7 Å². The molecule has 3 aliphatic rings. The fourth-order valence-corrected chi connectivity index (χ4v) is 7.06. The molecule has 3 saturated carbocycles. The second kappa shape index (κ2) is 1.70. The molecule has 56 valence electrons. The van der Waals surface area contributed by atoms with Gasteiger partial charge in [0.2, 0.25) is 0 Å². The largest absolute Gasteiger partial charge is 0.0771 e. The summed E-state index contributed by atoms with van der Waals surface area (Å²) in [5.41, 5.74) is 0. The smallest absolute Gasteiger partial charge is 0.0412 e. The van der Waals surface area contributed by atoms with E-state index in [2.05, 4.69) is 45.2 Å². The second-order valence-electron chi connectivity index (χ2n) is 4.11. The van der Waals surface area contributed by atoms with Gasteiger partial charge in [0.25, 0.3) is 0 Å². The lowest BCUT2D eigenvalue weighted by Gasteiger charge is -2.20. The molecular formula is C8H10I2. The second-order valence-corrected chi connectivity index (χ2v) is 7.96. The summed E-state index contributed by atoms with van der Waals surface area (Å²) < 4.78 is 1.54. The van der Waals surface area contributed by atoms with Crippen molar-refractivity contribution in [3.05, 3.63) is 0 Å². The molecule has 0 N–H and O–H groups in total. The lowest BCUT2D eigenvalue weighted by atomic mass is 10.0. The molecule has 0 heterocycles. The third kappa shape index (κ3) is 0.538. The first-order valence-electron chi connectivity index (χ1n) is 4.05. The summed E-state index contributed by atoms with van der Waals surface area (Å²) in [6, 6.07) is 0. The van der Waals surface area contributed by atoms with Gasteiger partial charge in [-0.1, -0.05) is 45.2 Å². The monoisotopic (exact) mass is 360 g/mol. The molecule has 4 atom stereocenters. The van der Waals surface area contributed by atoms with E-state index in [4.69, 9.17) is 0 Å². The van der Waals surface area contributed by atoms with Crippen LogP contribution in [0, 0.1) is 11.8 Å². The number of hydrogen-bond donors (Lipinski definition) is 0. The molecule has 3 rings (SSSR count). The Morgan fingerprint density at radius 2 is 1.50 bits per heavy atom. The van der Waals surface area contributed by atoms with Crippen molar-refractivity contribution in [2.24, 2.45) is 11.8 Å². The average molecular weight is 360 g/mol. The zero-order chi connectivity index (χ0) is 6.98. The van der Waals surface area contributed by atoms with Gasteiger partial charge < -0.3 is 0 Å². The Bertz CT molecular complexity index is 183. The minimum atomic E-state index is 0.772. The van der Waals surface area contributed by atoms with Crippen molar-refractivity contribution in [1.82, 2.24) is 0 Å². The molecule has 0 aromatic rings. The Labute approximate surface area is 88.8 Å². The van der Waals surface area contributed by atoms with E-state index in [1.54, 1.807) is 19.3 Å². The van der Waals surface area contributed by atoms with Crippen LogP contribution in [0.25, 0.3) is 0 Å². The van der Waals surface area contributed by atoms with Gasteiger partial charge in [-0.2, -0.15) is 0 Å². The van der Waals surface area contributed by atoms with E-state index < -0.39 is 0 Å². The van der Waals surface area contributed by atoms with Crippen LogP contribution in [0.15, 0.2) is 0 Å². The number of alkyl halides is 2. The predicted molar refractivity (Wildman–Crippen MR) is 59.0 cm³/mol. The first kappa shape index (κ1) is 6.92. The average Bonchev–Trinajstić information content (AvgIpc) is 2.25. The van der Waals surface area contributed by atoms with Gasteiger partial charge >= 0.3 is 0 Å². The zero-order valence-electron chi connectivity index (χ0n) is 5.74. The quantitative estimate of drug-likeness (QED) is 0.460. The maximum absolute atomic E-state index is 2.74. The first-order valence-corrected chi connectivity index (χ1v) is 6.20. The third-order valence-corrected chi connectivity index (χ3v) is 9.29. The highest BCUT2D eigenvalue weighted by molar-refractivity contribution is 14.1. The standard InChI is InChI=1S/C8H10I2/c9-7-4-8(7,10)6-2-1-5(7)3-6/h5-6H,1-4H2/t5-,6+,7-,8+. The van der Waals surface area contributed by atoms with Crippen LogP contribution >= 0.6 is 45.2 Å². The van der Waals surface area contributed by atoms with Gasteiger partial charge in [-0.15, -0.1) is 0 Å². The van der Waals surface area contributed by atoms with Crippen LogP contribution < -0.4 is 0 Å². The highest BCUT2D eigenvalue weighted by Crippen LogP contribution is 2.79. The van der Waals surface area contributed by atoms with E-state index in [0.717, 1.165) is 18.7 Å². The minimum Gasteiger partial charge on any atom is -0.0771 e. The molecular weight excluding hydrogens is 350 g/mol. The Morgan fingerprint density at radius 1 is 1.00 bits per heavy atom. The molecule has 0 nitrogen and oxygen atoms in total. The summed E-state index contributed by atoms with van der Waals surface area (Å²) in [5.74, 6) is 2.21. The molecule has 0 saturated heterocycles. The summed E-state index contributed by atoms with van der Waals surface area (Å²) in [4.78, 5) is 0. The molecule has 3 aliphatic carbocycles. The summed E-state index contributed by atoms with van der Waals surface area (Å²) in [5, 5.41) is 0. The van der Waals surface area contributed by atoms with Crippen LogP contribution in [0.4, 0.5) is 0 Å². The fraction of sp³-hybridized carbons (Fsp3) is 1.00. The van der Waals surface area contributed by atoms with Crippen LogP contribution in [-0.2, 0) is 0 Å². The molecule has 10 heavy (non-hydrogen) atoms. The molecule has 0 aliphatic heterocycles. The number of halogens is 2. The Hall–Kier alpha value is 1.46. The molecule has 0 spiro atoms. The van der Waals surface area contributed by atoms with E-state index in [1.807, 2.05) is 0 Å². The summed E-state index contributed by atoms with van der Waals surface area (Å²) in [7, 11) is 0. The molecule has 0 aromatic carbocycles. The van der Waals surface area contributed by atoms with Crippen LogP contribution in [0.5, 0.6) is 0 Å². The van der Waals surface area contributed by atoms with E-state index >= 15 is 0 Å². The minimum absolute atomic E-state index is 0.772. The Morgan fingerprint density at radius 3 is 1.80 bits per heavy atom. The maximum Gasteiger partial charge on any atom is 0.0412 e. The molecule has 3 fully saturated rings. The Balaban J connectivity index is 2.08. The topological polar surface area (TPSA) is 0 Å². The van der Waals surface area contributed by atoms with Crippen molar-refractivity contribution in [2.75, 3.05) is 0 Å². The number of hydrogen-bond acceptors (Lipinski definition) is 0. The van der Waals surface area contributed by atoms with E-state index in [1.165, 1.54) is 6.42 Å². The lowest BCUT2D eigenvalue weighted by Crippen LogP contribution is -2.21. The van der Waals surface area contributed by atoms with Gasteiger partial charge in [0.15, 0.2) is 0 Å². The summed E-state index contributed by atoms with van der Waals surface area (Å²) in [6.45, 7) is 0. The highest BCUT2D eigenvalue weighted by atomic mass is 127. The van der Waals surface area contributed by atoms with Crippen LogP contribution in [-0.4, -0.2) is 6.84 Å². The zero-order valence-corrected chi connectivity index (χ0v) is 10.1. The third-order valence-electron chi connectivity index (χ3n) is 3.81. The van der Waals surface area contributed by atoms with Crippen molar-refractivity contribution >= 4 is 45.2 Å². The van der Waals surface area contributed by atoms with Crippen LogP contribution in [0.2, 0.25) is 0 Å². The normalized spacial score (nSPS) is 70.2. The van der Waals surface area contributed by atoms with Crippen molar-refractivity contribution in [3.8, 4) is 0 Å². The molecule has 0 unspecified atom stereocenters. The SMILES string of the molecule is I[C@@]12C[C@]1(I)[C@H]1CC[C@@H]2C1. The Kier molecular flexibility index (Phi) is 1.18. The van der Waals surface area contributed by atoms with Crippen molar-refractivity contribution < 1.29 is 0 Å². The van der Waals surface area contributed by atoms with Gasteiger partial charge in [-0.05, 0) is 37.5 Å². The van der Waals surface area contributed by atoms with E-state index in [9.17, 15) is 0 Å². The van der Waals surface area contributed by atoms with Gasteiger partial charge in [0, 0.05) is 6.84 Å². The van der Waals surface area contributed by atoms with Crippen molar-refractivity contribution in [2.45, 2.75) is 32.5 Å². The number of fused-ring (bicyclic) bond motifs is 5. The highest BCUT2D eigenvalue weighted by Gasteiger charge is 2.77. The van der Waals surface area contributed by atoms with E-state index in [-0.39, 0.29) is 0 Å². The van der Waals surface area contributed by atoms with Gasteiger partial charge in [-0.25, -0.2) is 0 Å². The summed E-state index contributed by atoms with van der Waals surface area (Å²) >= 11 is 5.48. The summed E-state index contributed by atoms with van der Waals surface area (Å²) in [6.07, 6.45) is 6.17. The maximum atomic E-state index is 2.74.